The molecule has 1 aliphatic rings. The molecule has 0 radical (unpaired) electrons. The van der Waals surface area contributed by atoms with E-state index in [0.29, 0.717) is 34.5 Å². The molecule has 1 atom stereocenters. The van der Waals surface area contributed by atoms with Crippen molar-refractivity contribution in [2.45, 2.75) is 43.4 Å². The van der Waals surface area contributed by atoms with E-state index in [1.54, 1.807) is 18.0 Å². The fourth-order valence-electron chi connectivity index (χ4n) is 4.23. The van der Waals surface area contributed by atoms with Gasteiger partial charge in [0.25, 0.3) is 5.22 Å². The van der Waals surface area contributed by atoms with Crippen LogP contribution in [0.1, 0.15) is 36.8 Å². The molecule has 6 nitrogen and oxygen atoms in total. The average Bonchev–Trinajstić information content (AvgIpc) is 3.27. The molecule has 1 aliphatic carbocycles. The summed E-state index contributed by atoms with van der Waals surface area (Å²) in [4.78, 5) is 27.9. The van der Waals surface area contributed by atoms with Crippen molar-refractivity contribution in [3.63, 3.8) is 0 Å². The molecular weight excluding hydrogens is 446 g/mol. The Hall–Kier alpha value is -2.64. The van der Waals surface area contributed by atoms with Crippen LogP contribution >= 0.6 is 23.4 Å². The second-order valence-corrected chi connectivity index (χ2v) is 9.29. The largest absolute Gasteiger partial charge is 0.411 e. The lowest BCUT2D eigenvalue weighted by Gasteiger charge is -2.44. The zero-order valence-corrected chi connectivity index (χ0v) is 19.6. The number of aromatic nitrogens is 2. The fraction of sp³-hybridized carbons (Fsp3) is 0.333. The second-order valence-electron chi connectivity index (χ2n) is 7.95. The van der Waals surface area contributed by atoms with Gasteiger partial charge in [-0.05, 0) is 44.4 Å². The van der Waals surface area contributed by atoms with Crippen LogP contribution in [0.2, 0.25) is 5.02 Å². The van der Waals surface area contributed by atoms with Crippen LogP contribution in [-0.4, -0.2) is 39.6 Å². The number of halogens is 1. The maximum absolute atomic E-state index is 13.2. The lowest BCUT2D eigenvalue weighted by molar-refractivity contribution is -0.146. The minimum absolute atomic E-state index is 0.0252. The number of aryl methyl sites for hydroxylation is 1. The summed E-state index contributed by atoms with van der Waals surface area (Å²) in [6.07, 6.45) is 2.66. The minimum atomic E-state index is -1.05. The monoisotopic (exact) mass is 469 g/mol. The molecule has 1 fully saturated rings. The van der Waals surface area contributed by atoms with Crippen LogP contribution in [0.5, 0.6) is 0 Å². The van der Waals surface area contributed by atoms with E-state index in [1.807, 2.05) is 49.4 Å². The zero-order chi connectivity index (χ0) is 22.7. The molecule has 8 heteroatoms. The number of Topliss-reactive ketones (excluding diaryl/α,β-unsaturated/α-hetero) is 1. The predicted octanol–water partition coefficient (Wildman–Crippen LogP) is 5.29. The lowest BCUT2D eigenvalue weighted by Crippen LogP contribution is -2.54. The molecule has 1 saturated carbocycles. The molecular formula is C24H24ClN3O3S. The average molecular weight is 470 g/mol. The summed E-state index contributed by atoms with van der Waals surface area (Å²) in [7, 11) is 1.68. The van der Waals surface area contributed by atoms with Gasteiger partial charge in [0, 0.05) is 29.6 Å². The molecule has 0 bridgehead atoms. The third kappa shape index (κ3) is 4.32. The van der Waals surface area contributed by atoms with Gasteiger partial charge in [-0.15, -0.1) is 10.2 Å². The summed E-state index contributed by atoms with van der Waals surface area (Å²) in [5.74, 6) is 0.315. The first-order chi connectivity index (χ1) is 15.4. The zero-order valence-electron chi connectivity index (χ0n) is 18.0. The van der Waals surface area contributed by atoms with E-state index in [9.17, 15) is 9.59 Å². The summed E-state index contributed by atoms with van der Waals surface area (Å²) < 4.78 is 5.73. The highest BCUT2D eigenvalue weighted by Gasteiger charge is 2.47. The van der Waals surface area contributed by atoms with E-state index in [1.165, 1.54) is 0 Å². The maximum atomic E-state index is 13.2. The van der Waals surface area contributed by atoms with Crippen LogP contribution in [0, 0.1) is 6.92 Å². The van der Waals surface area contributed by atoms with Gasteiger partial charge in [-0.25, -0.2) is 0 Å². The van der Waals surface area contributed by atoms with Crippen molar-refractivity contribution in [2.24, 2.45) is 0 Å². The Bertz CT molecular complexity index is 1150. The normalized spacial score (nSPS) is 18.5. The summed E-state index contributed by atoms with van der Waals surface area (Å²) in [5, 5.41) is 8.95. The number of carbonyl (C=O) groups is 2. The number of nitrogens with zero attached hydrogens (tertiary/aromatic N) is 3. The molecule has 0 saturated heterocycles. The van der Waals surface area contributed by atoms with Crippen LogP contribution in [0.3, 0.4) is 0 Å². The van der Waals surface area contributed by atoms with Crippen molar-refractivity contribution in [2.75, 3.05) is 12.8 Å². The quantitative estimate of drug-likeness (QED) is 0.456. The van der Waals surface area contributed by atoms with Gasteiger partial charge in [-0.1, -0.05) is 59.3 Å². The third-order valence-electron chi connectivity index (χ3n) is 5.91. The van der Waals surface area contributed by atoms with Gasteiger partial charge < -0.3 is 9.32 Å². The SMILES string of the molecule is Cc1cccc(-c2nnc(SCC(=O)N(C)C3(c4ccccc4Cl)CCCCC3=O)o2)c1. The Morgan fingerprint density at radius 1 is 1.19 bits per heavy atom. The Balaban J connectivity index is 1.52. The van der Waals surface area contributed by atoms with Crippen molar-refractivity contribution < 1.29 is 14.0 Å². The van der Waals surface area contributed by atoms with Crippen LogP contribution < -0.4 is 0 Å². The van der Waals surface area contributed by atoms with Gasteiger partial charge in [0.1, 0.15) is 5.54 Å². The van der Waals surface area contributed by atoms with Crippen molar-refractivity contribution in [3.8, 4) is 11.5 Å². The summed E-state index contributed by atoms with van der Waals surface area (Å²) in [6.45, 7) is 1.99. The fourth-order valence-corrected chi connectivity index (χ4v) is 5.19. The van der Waals surface area contributed by atoms with Gasteiger partial charge in [-0.2, -0.15) is 0 Å². The van der Waals surface area contributed by atoms with Crippen LogP contribution in [0.25, 0.3) is 11.5 Å². The Morgan fingerprint density at radius 3 is 2.75 bits per heavy atom. The predicted molar refractivity (Wildman–Crippen MR) is 125 cm³/mol. The Morgan fingerprint density at radius 2 is 2.00 bits per heavy atom. The molecule has 4 rings (SSSR count). The highest BCUT2D eigenvalue weighted by molar-refractivity contribution is 7.99. The number of hydrogen-bond donors (Lipinski definition) is 0. The molecule has 166 valence electrons. The van der Waals surface area contributed by atoms with Gasteiger partial charge in [0.2, 0.25) is 11.8 Å². The third-order valence-corrected chi connectivity index (χ3v) is 7.04. The number of hydrogen-bond acceptors (Lipinski definition) is 6. The number of benzene rings is 2. The molecule has 1 unspecified atom stereocenters. The van der Waals surface area contributed by atoms with Crippen LogP contribution in [0.15, 0.2) is 58.2 Å². The first-order valence-electron chi connectivity index (χ1n) is 10.5. The van der Waals surface area contributed by atoms with Gasteiger partial charge in [0.15, 0.2) is 5.78 Å². The molecule has 32 heavy (non-hydrogen) atoms. The molecule has 1 heterocycles. The highest BCUT2D eigenvalue weighted by atomic mass is 35.5. The van der Waals surface area contributed by atoms with Crippen LogP contribution in [0.4, 0.5) is 0 Å². The van der Waals surface area contributed by atoms with E-state index in [-0.39, 0.29) is 17.4 Å². The smallest absolute Gasteiger partial charge is 0.277 e. The number of ketones is 1. The number of carbonyl (C=O) groups excluding carboxylic acids is 2. The van der Waals surface area contributed by atoms with Crippen LogP contribution in [-0.2, 0) is 15.1 Å². The van der Waals surface area contributed by atoms with E-state index < -0.39 is 5.54 Å². The van der Waals surface area contributed by atoms with E-state index in [2.05, 4.69) is 10.2 Å². The minimum Gasteiger partial charge on any atom is -0.411 e. The molecule has 1 amide bonds. The molecule has 1 aromatic heterocycles. The first kappa shape index (κ1) is 22.6. The number of thioether (sulfide) groups is 1. The van der Waals surface area contributed by atoms with Crippen molar-refractivity contribution in [1.82, 2.24) is 15.1 Å². The molecule has 2 aromatic carbocycles. The lowest BCUT2D eigenvalue weighted by atomic mass is 9.74. The second kappa shape index (κ2) is 9.46. The number of amides is 1. The summed E-state index contributed by atoms with van der Waals surface area (Å²) >= 11 is 7.64. The van der Waals surface area contributed by atoms with Crippen molar-refractivity contribution in [1.29, 1.82) is 0 Å². The highest BCUT2D eigenvalue weighted by Crippen LogP contribution is 2.42. The van der Waals surface area contributed by atoms with Crippen molar-refractivity contribution in [3.05, 3.63) is 64.7 Å². The summed E-state index contributed by atoms with van der Waals surface area (Å²) in [6, 6.07) is 15.1. The number of likely N-dealkylation sites (N-methyl/N-ethyl adjacent to an activating group) is 1. The standard InChI is InChI=1S/C24H24ClN3O3S/c1-16-8-7-9-17(14-16)22-26-27-23(31-22)32-15-21(30)28(2)24(13-6-5-12-20(24)29)18-10-3-4-11-19(18)25/h3-4,7-11,14H,5-6,12-13,15H2,1-2H3. The van der Waals surface area contributed by atoms with E-state index in [4.69, 9.17) is 16.0 Å². The topological polar surface area (TPSA) is 76.3 Å². The molecule has 3 aromatic rings. The Labute approximate surface area is 196 Å². The number of rotatable bonds is 6. The maximum Gasteiger partial charge on any atom is 0.277 e. The first-order valence-corrected chi connectivity index (χ1v) is 11.9. The van der Waals surface area contributed by atoms with E-state index >= 15 is 0 Å². The van der Waals surface area contributed by atoms with Gasteiger partial charge in [-0.3, -0.25) is 9.59 Å². The van der Waals surface area contributed by atoms with E-state index in [0.717, 1.165) is 35.7 Å². The molecule has 0 spiro atoms. The van der Waals surface area contributed by atoms with Gasteiger partial charge in [0.05, 0.1) is 5.75 Å². The summed E-state index contributed by atoms with van der Waals surface area (Å²) in [5.41, 5.74) is 1.56. The van der Waals surface area contributed by atoms with Crippen molar-refractivity contribution >= 4 is 35.1 Å². The molecule has 0 N–H and O–H groups in total. The Kier molecular flexibility index (Phi) is 6.67. The van der Waals surface area contributed by atoms with Gasteiger partial charge >= 0.3 is 0 Å². The molecule has 0 aliphatic heterocycles.